The molecule has 1 aromatic heterocycles. The van der Waals surface area contributed by atoms with E-state index in [-0.39, 0.29) is 11.8 Å². The molecule has 146 valence electrons. The Hall–Kier alpha value is -1.89. The molecule has 0 bridgehead atoms. The summed E-state index contributed by atoms with van der Waals surface area (Å²) in [5.74, 6) is -0.196. The molecule has 3 N–H and O–H groups in total. The third-order valence-electron chi connectivity index (χ3n) is 5.21. The van der Waals surface area contributed by atoms with Gasteiger partial charge in [-0.3, -0.25) is 14.4 Å². The number of hydrogen-bond acceptors (Lipinski definition) is 4. The minimum absolute atomic E-state index is 0.0175. The maximum absolute atomic E-state index is 11.5. The van der Waals surface area contributed by atoms with Crippen molar-refractivity contribution in [2.45, 2.75) is 39.4 Å². The van der Waals surface area contributed by atoms with Gasteiger partial charge in [0.05, 0.1) is 11.6 Å². The number of nitrogens with one attached hydrogen (secondary N) is 1. The molecule has 1 fully saturated rings. The highest BCUT2D eigenvalue weighted by Gasteiger charge is 2.23. The molecule has 1 aliphatic rings. The average Bonchev–Trinajstić information content (AvgIpc) is 2.88. The average molecular weight is 390 g/mol. The SMILES string of the molecule is Cc1nn(C)c(Cl)c1CNCc1cccc(CN2CCCC(C(N)=O)C2)c1. The Labute approximate surface area is 165 Å². The van der Waals surface area contributed by atoms with Crippen molar-refractivity contribution in [3.63, 3.8) is 0 Å². The Balaban J connectivity index is 1.55. The summed E-state index contributed by atoms with van der Waals surface area (Å²) < 4.78 is 1.70. The van der Waals surface area contributed by atoms with Gasteiger partial charge >= 0.3 is 0 Å². The third kappa shape index (κ3) is 5.09. The standard InChI is InChI=1S/C20H28ClN5O/c1-14-18(19(21)25(2)24-14)11-23-10-15-5-3-6-16(9-15)12-26-8-4-7-17(13-26)20(22)27/h3,5-6,9,17,23H,4,7-8,10-13H2,1-2H3,(H2,22,27). The van der Waals surface area contributed by atoms with E-state index < -0.39 is 0 Å². The number of hydrogen-bond donors (Lipinski definition) is 2. The molecule has 0 spiro atoms. The van der Waals surface area contributed by atoms with E-state index in [0.29, 0.717) is 11.7 Å². The van der Waals surface area contributed by atoms with Crippen LogP contribution in [0.1, 0.15) is 35.2 Å². The summed E-state index contributed by atoms with van der Waals surface area (Å²) in [7, 11) is 1.85. The molecule has 1 aromatic carbocycles. The van der Waals surface area contributed by atoms with Gasteiger partial charge in [-0.1, -0.05) is 35.9 Å². The molecule has 0 aliphatic carbocycles. The van der Waals surface area contributed by atoms with Crippen LogP contribution in [-0.4, -0.2) is 33.7 Å². The van der Waals surface area contributed by atoms with Crippen LogP contribution >= 0.6 is 11.6 Å². The predicted octanol–water partition coefficient (Wildman–Crippen LogP) is 2.37. The van der Waals surface area contributed by atoms with Gasteiger partial charge in [-0.2, -0.15) is 5.10 Å². The number of carbonyl (C=O) groups excluding carboxylic acids is 1. The van der Waals surface area contributed by atoms with E-state index in [0.717, 1.165) is 50.3 Å². The summed E-state index contributed by atoms with van der Waals surface area (Å²) in [5.41, 5.74) is 9.97. The summed E-state index contributed by atoms with van der Waals surface area (Å²) >= 11 is 6.29. The van der Waals surface area contributed by atoms with E-state index in [1.54, 1.807) is 4.68 Å². The lowest BCUT2D eigenvalue weighted by Gasteiger charge is -2.31. The highest BCUT2D eigenvalue weighted by atomic mass is 35.5. The molecule has 2 aromatic rings. The summed E-state index contributed by atoms with van der Waals surface area (Å²) in [5, 5.41) is 8.48. The van der Waals surface area contributed by atoms with E-state index in [1.165, 1.54) is 11.1 Å². The van der Waals surface area contributed by atoms with Crippen molar-refractivity contribution in [3.8, 4) is 0 Å². The molecular formula is C20H28ClN5O. The fourth-order valence-corrected chi connectivity index (χ4v) is 3.98. The normalized spacial score (nSPS) is 18.0. The van der Waals surface area contributed by atoms with Crippen LogP contribution in [0.4, 0.5) is 0 Å². The van der Waals surface area contributed by atoms with E-state index >= 15 is 0 Å². The Morgan fingerprint density at radius 2 is 2.15 bits per heavy atom. The fourth-order valence-electron chi connectivity index (χ4n) is 3.73. The van der Waals surface area contributed by atoms with Crippen molar-refractivity contribution in [1.82, 2.24) is 20.0 Å². The first-order chi connectivity index (χ1) is 12.9. The van der Waals surface area contributed by atoms with Crippen LogP contribution in [0.25, 0.3) is 0 Å². The minimum atomic E-state index is -0.179. The van der Waals surface area contributed by atoms with Gasteiger partial charge in [0, 0.05) is 38.8 Å². The second kappa shape index (κ2) is 8.87. The molecule has 1 unspecified atom stereocenters. The molecule has 6 nitrogen and oxygen atoms in total. The third-order valence-corrected chi connectivity index (χ3v) is 5.68. The van der Waals surface area contributed by atoms with E-state index in [9.17, 15) is 4.79 Å². The van der Waals surface area contributed by atoms with E-state index in [1.807, 2.05) is 14.0 Å². The number of nitrogens with two attached hydrogens (primary N) is 1. The zero-order chi connectivity index (χ0) is 19.4. The number of rotatable bonds is 7. The van der Waals surface area contributed by atoms with Crippen molar-refractivity contribution in [2.75, 3.05) is 13.1 Å². The molecule has 0 saturated carbocycles. The number of nitrogens with zero attached hydrogens (tertiary/aromatic N) is 3. The number of amides is 1. The Morgan fingerprint density at radius 3 is 2.85 bits per heavy atom. The smallest absolute Gasteiger partial charge is 0.221 e. The number of benzene rings is 1. The van der Waals surface area contributed by atoms with E-state index in [4.69, 9.17) is 17.3 Å². The Bertz CT molecular complexity index is 804. The second-order valence-corrected chi connectivity index (χ2v) is 7.74. The molecule has 1 atom stereocenters. The summed E-state index contributed by atoms with van der Waals surface area (Å²) in [6.45, 7) is 6.06. The summed E-state index contributed by atoms with van der Waals surface area (Å²) in [6.07, 6.45) is 1.94. The van der Waals surface area contributed by atoms with Crippen molar-refractivity contribution in [2.24, 2.45) is 18.7 Å². The predicted molar refractivity (Wildman–Crippen MR) is 107 cm³/mol. The molecule has 7 heteroatoms. The van der Waals surface area contributed by atoms with Gasteiger partial charge in [-0.05, 0) is 37.4 Å². The molecule has 27 heavy (non-hydrogen) atoms. The monoisotopic (exact) mass is 389 g/mol. The molecule has 2 heterocycles. The van der Waals surface area contributed by atoms with Crippen molar-refractivity contribution >= 4 is 17.5 Å². The lowest BCUT2D eigenvalue weighted by atomic mass is 9.97. The summed E-state index contributed by atoms with van der Waals surface area (Å²) in [4.78, 5) is 13.8. The maximum atomic E-state index is 11.5. The van der Waals surface area contributed by atoms with Crippen LogP contribution in [0.15, 0.2) is 24.3 Å². The van der Waals surface area contributed by atoms with Crippen molar-refractivity contribution in [3.05, 3.63) is 51.8 Å². The molecule has 1 saturated heterocycles. The molecule has 3 rings (SSSR count). The number of aryl methyl sites for hydroxylation is 2. The first-order valence-electron chi connectivity index (χ1n) is 9.42. The highest BCUT2D eigenvalue weighted by molar-refractivity contribution is 6.30. The van der Waals surface area contributed by atoms with Crippen LogP contribution < -0.4 is 11.1 Å². The Kier molecular flexibility index (Phi) is 6.52. The minimum Gasteiger partial charge on any atom is -0.369 e. The first-order valence-corrected chi connectivity index (χ1v) is 9.80. The van der Waals surface area contributed by atoms with Gasteiger partial charge in [0.15, 0.2) is 0 Å². The Morgan fingerprint density at radius 1 is 1.37 bits per heavy atom. The fraction of sp³-hybridized carbons (Fsp3) is 0.500. The number of primary amides is 1. The molecule has 1 aliphatic heterocycles. The molecular weight excluding hydrogens is 362 g/mol. The number of aromatic nitrogens is 2. The largest absolute Gasteiger partial charge is 0.369 e. The van der Waals surface area contributed by atoms with Crippen LogP contribution in [0.3, 0.4) is 0 Å². The van der Waals surface area contributed by atoms with Crippen molar-refractivity contribution in [1.29, 1.82) is 0 Å². The molecule has 0 radical (unpaired) electrons. The quantitative estimate of drug-likeness (QED) is 0.762. The zero-order valence-electron chi connectivity index (χ0n) is 16.0. The first kappa shape index (κ1) is 19.9. The van der Waals surface area contributed by atoms with Gasteiger partial charge in [0.25, 0.3) is 0 Å². The second-order valence-electron chi connectivity index (χ2n) is 7.38. The lowest BCUT2D eigenvalue weighted by molar-refractivity contribution is -0.123. The van der Waals surface area contributed by atoms with Gasteiger partial charge in [-0.15, -0.1) is 0 Å². The zero-order valence-corrected chi connectivity index (χ0v) is 16.8. The number of halogens is 1. The maximum Gasteiger partial charge on any atom is 0.221 e. The van der Waals surface area contributed by atoms with E-state index in [2.05, 4.69) is 39.6 Å². The van der Waals surface area contributed by atoms with Crippen LogP contribution in [0, 0.1) is 12.8 Å². The number of likely N-dealkylation sites (tertiary alicyclic amines) is 1. The van der Waals surface area contributed by atoms with Crippen LogP contribution in [0.2, 0.25) is 5.15 Å². The van der Waals surface area contributed by atoms with Gasteiger partial charge in [0.1, 0.15) is 5.15 Å². The summed E-state index contributed by atoms with van der Waals surface area (Å²) in [6, 6.07) is 8.57. The van der Waals surface area contributed by atoms with Crippen molar-refractivity contribution < 1.29 is 4.79 Å². The number of piperidine rings is 1. The number of carbonyl (C=O) groups is 1. The van der Waals surface area contributed by atoms with Crippen LogP contribution in [-0.2, 0) is 31.5 Å². The topological polar surface area (TPSA) is 76.2 Å². The van der Waals surface area contributed by atoms with Gasteiger partial charge in [-0.25, -0.2) is 0 Å². The van der Waals surface area contributed by atoms with Gasteiger partial charge in [0.2, 0.25) is 5.91 Å². The lowest BCUT2D eigenvalue weighted by Crippen LogP contribution is -2.40. The van der Waals surface area contributed by atoms with Crippen LogP contribution in [0.5, 0.6) is 0 Å². The highest BCUT2D eigenvalue weighted by Crippen LogP contribution is 2.20. The van der Waals surface area contributed by atoms with Gasteiger partial charge < -0.3 is 11.1 Å². The molecule has 1 amide bonds.